The smallest absolute Gasteiger partial charge is 0.138 e. The van der Waals surface area contributed by atoms with E-state index < -0.39 is 0 Å². The lowest BCUT2D eigenvalue weighted by molar-refractivity contribution is 0.412. The van der Waals surface area contributed by atoms with Gasteiger partial charge in [-0.05, 0) is 22.0 Å². The van der Waals surface area contributed by atoms with Crippen molar-refractivity contribution in [2.24, 2.45) is 0 Å². The van der Waals surface area contributed by atoms with E-state index in [-0.39, 0.29) is 0 Å². The Balaban J connectivity index is 2.99. The number of aromatic nitrogens is 1. The first-order valence-corrected chi connectivity index (χ1v) is 4.93. The highest BCUT2D eigenvalue weighted by atomic mass is 79.9. The molecule has 0 atom stereocenters. The predicted molar refractivity (Wildman–Crippen MR) is 51.1 cm³/mol. The Bertz CT molecular complexity index is 252. The minimum atomic E-state index is 0.748. The second kappa shape index (κ2) is 4.07. The summed E-state index contributed by atoms with van der Waals surface area (Å²) >= 11 is 6.70. The summed E-state index contributed by atoms with van der Waals surface area (Å²) in [5, 5.41) is 0.748. The molecule has 1 rings (SSSR count). The SMILES string of the molecule is COc1cnc(CBr)c(Br)c1. The molecule has 11 heavy (non-hydrogen) atoms. The molecule has 1 aromatic rings. The average molecular weight is 281 g/mol. The van der Waals surface area contributed by atoms with Gasteiger partial charge in [0.05, 0.1) is 19.0 Å². The second-order valence-corrected chi connectivity index (χ2v) is 3.35. The molecule has 0 saturated carbocycles. The van der Waals surface area contributed by atoms with Crippen LogP contribution in [0.25, 0.3) is 0 Å². The summed E-state index contributed by atoms with van der Waals surface area (Å²) in [6.07, 6.45) is 1.70. The zero-order valence-electron chi connectivity index (χ0n) is 5.97. The van der Waals surface area contributed by atoms with Gasteiger partial charge >= 0.3 is 0 Å². The van der Waals surface area contributed by atoms with Crippen LogP contribution in [0.5, 0.6) is 5.75 Å². The van der Waals surface area contributed by atoms with Crippen LogP contribution in [0.3, 0.4) is 0 Å². The molecule has 0 amide bonds. The third kappa shape index (κ3) is 2.17. The van der Waals surface area contributed by atoms with E-state index in [1.165, 1.54) is 0 Å². The summed E-state index contributed by atoms with van der Waals surface area (Å²) in [5.74, 6) is 0.765. The Morgan fingerprint density at radius 2 is 2.36 bits per heavy atom. The van der Waals surface area contributed by atoms with Gasteiger partial charge in [-0.15, -0.1) is 0 Å². The third-order valence-electron chi connectivity index (χ3n) is 1.25. The van der Waals surface area contributed by atoms with Crippen molar-refractivity contribution in [1.82, 2.24) is 4.98 Å². The Labute approximate surface area is 82.2 Å². The fourth-order valence-corrected chi connectivity index (χ4v) is 1.95. The number of rotatable bonds is 2. The maximum Gasteiger partial charge on any atom is 0.138 e. The highest BCUT2D eigenvalue weighted by Gasteiger charge is 2.00. The van der Waals surface area contributed by atoms with Crippen LogP contribution in [-0.4, -0.2) is 12.1 Å². The lowest BCUT2D eigenvalue weighted by atomic mass is 10.4. The van der Waals surface area contributed by atoms with Gasteiger partial charge in [0.1, 0.15) is 5.75 Å². The molecule has 60 valence electrons. The van der Waals surface area contributed by atoms with Crippen LogP contribution in [0.4, 0.5) is 0 Å². The minimum Gasteiger partial charge on any atom is -0.495 e. The van der Waals surface area contributed by atoms with Gasteiger partial charge in [-0.25, -0.2) is 0 Å². The number of halogens is 2. The van der Waals surface area contributed by atoms with Crippen LogP contribution in [0.1, 0.15) is 5.69 Å². The van der Waals surface area contributed by atoms with Gasteiger partial charge in [-0.3, -0.25) is 4.98 Å². The first kappa shape index (κ1) is 9.00. The molecule has 0 aliphatic heterocycles. The molecule has 0 aromatic carbocycles. The standard InChI is InChI=1S/C7H7Br2NO/c1-11-5-2-6(9)7(3-8)10-4-5/h2,4H,3H2,1H3. The number of ether oxygens (including phenoxy) is 1. The minimum absolute atomic E-state index is 0.748. The van der Waals surface area contributed by atoms with E-state index in [9.17, 15) is 0 Å². The summed E-state index contributed by atoms with van der Waals surface area (Å²) in [4.78, 5) is 4.15. The molecule has 0 radical (unpaired) electrons. The van der Waals surface area contributed by atoms with Gasteiger partial charge in [0.15, 0.2) is 0 Å². The Hall–Kier alpha value is -0.0900. The number of hydrogen-bond acceptors (Lipinski definition) is 2. The topological polar surface area (TPSA) is 22.1 Å². The van der Waals surface area contributed by atoms with Crippen molar-refractivity contribution in [3.63, 3.8) is 0 Å². The normalized spacial score (nSPS) is 9.73. The molecular weight excluding hydrogens is 274 g/mol. The van der Waals surface area contributed by atoms with Crippen LogP contribution >= 0.6 is 31.9 Å². The van der Waals surface area contributed by atoms with E-state index in [2.05, 4.69) is 36.8 Å². The maximum absolute atomic E-state index is 4.99. The zero-order chi connectivity index (χ0) is 8.27. The van der Waals surface area contributed by atoms with Gasteiger partial charge in [0.25, 0.3) is 0 Å². The lowest BCUT2D eigenvalue weighted by Gasteiger charge is -2.01. The van der Waals surface area contributed by atoms with Gasteiger partial charge in [0, 0.05) is 9.80 Å². The number of alkyl halides is 1. The average Bonchev–Trinajstić information content (AvgIpc) is 2.04. The van der Waals surface area contributed by atoms with Crippen molar-refractivity contribution >= 4 is 31.9 Å². The molecule has 4 heteroatoms. The molecule has 0 aliphatic carbocycles. The molecule has 1 heterocycles. The summed E-state index contributed by atoms with van der Waals surface area (Å²) in [6.45, 7) is 0. The predicted octanol–water partition coefficient (Wildman–Crippen LogP) is 2.75. The molecule has 1 aromatic heterocycles. The van der Waals surface area contributed by atoms with Crippen molar-refractivity contribution in [3.8, 4) is 5.75 Å². The summed E-state index contributed by atoms with van der Waals surface area (Å²) < 4.78 is 5.95. The van der Waals surface area contributed by atoms with Crippen LogP contribution in [0.15, 0.2) is 16.7 Å². The summed E-state index contributed by atoms with van der Waals surface area (Å²) in [5.41, 5.74) is 0.978. The van der Waals surface area contributed by atoms with Crippen molar-refractivity contribution in [3.05, 3.63) is 22.4 Å². The molecule has 0 saturated heterocycles. The largest absolute Gasteiger partial charge is 0.495 e. The van der Waals surface area contributed by atoms with Gasteiger partial charge in [-0.2, -0.15) is 0 Å². The van der Waals surface area contributed by atoms with Crippen molar-refractivity contribution in [2.45, 2.75) is 5.33 Å². The van der Waals surface area contributed by atoms with Crippen LogP contribution < -0.4 is 4.74 Å². The molecule has 0 unspecified atom stereocenters. The fraction of sp³-hybridized carbons (Fsp3) is 0.286. The van der Waals surface area contributed by atoms with Gasteiger partial charge < -0.3 is 4.74 Å². The van der Waals surface area contributed by atoms with E-state index in [0.29, 0.717) is 0 Å². The molecule has 0 spiro atoms. The Morgan fingerprint density at radius 3 is 2.82 bits per heavy atom. The Kier molecular flexibility index (Phi) is 3.33. The van der Waals surface area contributed by atoms with E-state index in [4.69, 9.17) is 4.74 Å². The third-order valence-corrected chi connectivity index (χ3v) is 2.47. The fourth-order valence-electron chi connectivity index (χ4n) is 0.659. The van der Waals surface area contributed by atoms with Crippen molar-refractivity contribution in [1.29, 1.82) is 0 Å². The highest BCUT2D eigenvalue weighted by molar-refractivity contribution is 9.10. The number of nitrogens with zero attached hydrogens (tertiary/aromatic N) is 1. The van der Waals surface area contributed by atoms with Crippen LogP contribution in [-0.2, 0) is 5.33 Å². The van der Waals surface area contributed by atoms with Crippen LogP contribution in [0.2, 0.25) is 0 Å². The number of pyridine rings is 1. The summed E-state index contributed by atoms with van der Waals surface area (Å²) in [7, 11) is 1.62. The molecular formula is C7H7Br2NO. The molecule has 0 N–H and O–H groups in total. The molecule has 0 aliphatic rings. The number of methoxy groups -OCH3 is 1. The molecule has 0 fully saturated rings. The second-order valence-electron chi connectivity index (χ2n) is 1.94. The quantitative estimate of drug-likeness (QED) is 0.777. The molecule has 0 bridgehead atoms. The Morgan fingerprint density at radius 1 is 1.64 bits per heavy atom. The van der Waals surface area contributed by atoms with Crippen molar-refractivity contribution < 1.29 is 4.74 Å². The van der Waals surface area contributed by atoms with Crippen molar-refractivity contribution in [2.75, 3.05) is 7.11 Å². The number of hydrogen-bond donors (Lipinski definition) is 0. The maximum atomic E-state index is 4.99. The van der Waals surface area contributed by atoms with Gasteiger partial charge in [-0.1, -0.05) is 15.9 Å². The van der Waals surface area contributed by atoms with E-state index in [1.807, 2.05) is 6.07 Å². The highest BCUT2D eigenvalue weighted by Crippen LogP contribution is 2.21. The zero-order valence-corrected chi connectivity index (χ0v) is 9.15. The van der Waals surface area contributed by atoms with E-state index in [0.717, 1.165) is 21.2 Å². The van der Waals surface area contributed by atoms with Crippen LogP contribution in [0, 0.1) is 0 Å². The van der Waals surface area contributed by atoms with E-state index >= 15 is 0 Å². The first-order chi connectivity index (χ1) is 5.27. The molecule has 2 nitrogen and oxygen atoms in total. The van der Waals surface area contributed by atoms with Gasteiger partial charge in [0.2, 0.25) is 0 Å². The summed E-state index contributed by atoms with van der Waals surface area (Å²) in [6, 6.07) is 1.89. The first-order valence-electron chi connectivity index (χ1n) is 3.02. The lowest BCUT2D eigenvalue weighted by Crippen LogP contribution is -1.89. The monoisotopic (exact) mass is 279 g/mol. The van der Waals surface area contributed by atoms with E-state index in [1.54, 1.807) is 13.3 Å².